The highest BCUT2D eigenvalue weighted by atomic mass is 16.6. The fourth-order valence-electron chi connectivity index (χ4n) is 4.28. The molecule has 0 unspecified atom stereocenters. The molecular weight excluding hydrogens is 479 g/mol. The van der Waals surface area contributed by atoms with Gasteiger partial charge in [0.25, 0.3) is 0 Å². The Morgan fingerprint density at radius 2 is 1.68 bits per heavy atom. The summed E-state index contributed by atoms with van der Waals surface area (Å²) in [7, 11) is 0.346. The molecule has 2 atom stereocenters. The maximum Gasteiger partial charge on any atom is 0.408 e. The number of aliphatic hydroxyl groups is 1. The number of amides is 2. The van der Waals surface area contributed by atoms with Crippen molar-refractivity contribution in [3.8, 4) is 0 Å². The molecule has 0 saturated carbocycles. The summed E-state index contributed by atoms with van der Waals surface area (Å²) in [6, 6.07) is 15.1. The summed E-state index contributed by atoms with van der Waals surface area (Å²) in [5.41, 5.74) is 1.87. The Balaban J connectivity index is 1.72. The van der Waals surface area contributed by atoms with Gasteiger partial charge in [0, 0.05) is 6.42 Å². The van der Waals surface area contributed by atoms with Gasteiger partial charge in [0.1, 0.15) is 11.6 Å². The van der Waals surface area contributed by atoms with Crippen LogP contribution < -0.4 is 16.1 Å². The summed E-state index contributed by atoms with van der Waals surface area (Å²) in [5.74, 6) is -0.239. The minimum absolute atomic E-state index is 0.0889. The minimum atomic E-state index is -0.986. The van der Waals surface area contributed by atoms with Crippen molar-refractivity contribution in [1.82, 2.24) is 10.6 Å². The van der Waals surface area contributed by atoms with Crippen molar-refractivity contribution in [2.24, 2.45) is 0 Å². The number of nitrogens with one attached hydrogen (secondary N) is 2. The van der Waals surface area contributed by atoms with Gasteiger partial charge >= 0.3 is 13.6 Å². The zero-order chi connectivity index (χ0) is 28.1. The normalized spacial score (nSPS) is 16.7. The summed E-state index contributed by atoms with van der Waals surface area (Å²) >= 11 is 0. The first-order valence-corrected chi connectivity index (χ1v) is 13.5. The van der Waals surface area contributed by atoms with E-state index in [1.165, 1.54) is 5.56 Å². The summed E-state index contributed by atoms with van der Waals surface area (Å²) < 4.78 is 11.4. The third kappa shape index (κ3) is 8.33. The van der Waals surface area contributed by atoms with E-state index in [-0.39, 0.29) is 11.9 Å². The molecule has 0 bridgehead atoms. The average Bonchev–Trinajstić information content (AvgIpc) is 2.81. The van der Waals surface area contributed by atoms with E-state index in [0.29, 0.717) is 13.9 Å². The van der Waals surface area contributed by atoms with Crippen LogP contribution in [0.5, 0.6) is 0 Å². The number of alkyl carbamates (subject to hydrolysis) is 1. The quantitative estimate of drug-likeness (QED) is 0.435. The number of benzene rings is 2. The van der Waals surface area contributed by atoms with Gasteiger partial charge in [-0.2, -0.15) is 0 Å². The Morgan fingerprint density at radius 3 is 2.32 bits per heavy atom. The van der Waals surface area contributed by atoms with E-state index in [4.69, 9.17) is 9.39 Å². The lowest BCUT2D eigenvalue weighted by Gasteiger charge is -2.37. The lowest BCUT2D eigenvalue weighted by molar-refractivity contribution is -0.124. The molecule has 1 aliphatic carbocycles. The van der Waals surface area contributed by atoms with Crippen LogP contribution in [-0.4, -0.2) is 47.4 Å². The van der Waals surface area contributed by atoms with Gasteiger partial charge in [-0.1, -0.05) is 54.0 Å². The number of hydrogen-bond donors (Lipinski definition) is 3. The monoisotopic (exact) mass is 522 g/mol. The van der Waals surface area contributed by atoms with Gasteiger partial charge < -0.3 is 25.1 Å². The number of carbonyl (C=O) groups is 2. The van der Waals surface area contributed by atoms with Crippen molar-refractivity contribution in [2.75, 3.05) is 0 Å². The highest BCUT2D eigenvalue weighted by Crippen LogP contribution is 2.29. The van der Waals surface area contributed by atoms with Gasteiger partial charge in [-0.15, -0.1) is 0 Å². The van der Waals surface area contributed by atoms with Crippen molar-refractivity contribution in [3.63, 3.8) is 0 Å². The van der Waals surface area contributed by atoms with Crippen molar-refractivity contribution >= 4 is 24.9 Å². The topological polar surface area (TPSA) is 96.9 Å². The first kappa shape index (κ1) is 29.7. The van der Waals surface area contributed by atoms with E-state index in [2.05, 4.69) is 22.8 Å². The Kier molecular flexibility index (Phi) is 9.32. The predicted molar refractivity (Wildman–Crippen MR) is 152 cm³/mol. The maximum absolute atomic E-state index is 13.5. The predicted octanol–water partition coefficient (Wildman–Crippen LogP) is 3.86. The fourth-order valence-corrected chi connectivity index (χ4v) is 4.28. The Morgan fingerprint density at radius 1 is 1.03 bits per heavy atom. The van der Waals surface area contributed by atoms with Crippen LogP contribution in [0.2, 0.25) is 0 Å². The second-order valence-electron chi connectivity index (χ2n) is 12.2. The highest BCUT2D eigenvalue weighted by Gasteiger charge is 2.35. The van der Waals surface area contributed by atoms with Crippen LogP contribution in [0.1, 0.15) is 84.0 Å². The molecule has 2 aromatic carbocycles. The molecule has 0 aromatic heterocycles. The number of rotatable bonds is 9. The summed E-state index contributed by atoms with van der Waals surface area (Å²) in [4.78, 5) is 26.1. The van der Waals surface area contributed by atoms with E-state index in [1.807, 2.05) is 50.2 Å². The second-order valence-corrected chi connectivity index (χ2v) is 12.2. The van der Waals surface area contributed by atoms with Crippen molar-refractivity contribution in [3.05, 3.63) is 65.2 Å². The molecule has 2 aromatic rings. The molecular formula is C30H43BN2O5. The molecule has 0 fully saturated rings. The molecule has 0 saturated heterocycles. The van der Waals surface area contributed by atoms with Gasteiger partial charge in [0.15, 0.2) is 0 Å². The number of carbonyl (C=O) groups excluding carboxylic acids is 2. The van der Waals surface area contributed by atoms with Crippen LogP contribution >= 0.6 is 0 Å². The molecule has 0 heterocycles. The van der Waals surface area contributed by atoms with Gasteiger partial charge in [0.2, 0.25) is 5.91 Å². The number of aryl methyl sites for hydroxylation is 1. The lowest BCUT2D eigenvalue weighted by atomic mass is 9.82. The molecule has 38 heavy (non-hydrogen) atoms. The smallest absolute Gasteiger partial charge is 0.408 e. The molecule has 206 valence electrons. The zero-order valence-corrected chi connectivity index (χ0v) is 23.9. The van der Waals surface area contributed by atoms with Gasteiger partial charge in [-0.05, 0) is 84.4 Å². The summed E-state index contributed by atoms with van der Waals surface area (Å²) in [5, 5.41) is 16.3. The Bertz CT molecular complexity index is 1100. The van der Waals surface area contributed by atoms with Gasteiger partial charge in [0.05, 0.1) is 17.2 Å². The fraction of sp³-hybridized carbons (Fsp3) is 0.533. The Labute approximate surface area is 228 Å². The van der Waals surface area contributed by atoms with Crippen LogP contribution in [0.3, 0.4) is 0 Å². The van der Waals surface area contributed by atoms with Crippen molar-refractivity contribution < 1.29 is 24.1 Å². The first-order chi connectivity index (χ1) is 17.6. The molecule has 0 radical (unpaired) electrons. The van der Waals surface area contributed by atoms with E-state index in [1.54, 1.807) is 34.6 Å². The van der Waals surface area contributed by atoms with Gasteiger partial charge in [-0.3, -0.25) is 4.79 Å². The highest BCUT2D eigenvalue weighted by molar-refractivity contribution is 6.47. The maximum atomic E-state index is 13.5. The second kappa shape index (κ2) is 11.9. The van der Waals surface area contributed by atoms with Crippen LogP contribution in [-0.2, 0) is 27.0 Å². The average molecular weight is 522 g/mol. The first-order valence-electron chi connectivity index (χ1n) is 13.5. The van der Waals surface area contributed by atoms with E-state index in [9.17, 15) is 14.7 Å². The number of hydrogen-bond acceptors (Lipinski definition) is 5. The molecule has 0 aliphatic heterocycles. The van der Waals surface area contributed by atoms with Crippen LogP contribution in [0, 0.1) is 0 Å². The van der Waals surface area contributed by atoms with E-state index < -0.39 is 28.9 Å². The molecule has 0 spiro atoms. The van der Waals surface area contributed by atoms with E-state index >= 15 is 0 Å². The summed E-state index contributed by atoms with van der Waals surface area (Å²) in [6.07, 6.45) is 2.55. The number of fused-ring (bicyclic) bond motifs is 1. The standard InChI is InChI=1S/C30H43BN2O5/c1-28(2,3)37-27(35)33-25(26(34)32-24-14-10-12-21-11-8-9-13-23(21)24)19-20-15-17-22(18-16-20)31-38-30(6,7)29(4,5)36/h8-9,11,13,15-18,24-25,31,36H,10,12,14,19H2,1-7H3,(H,32,34)(H,33,35)/t24-,25+/m1/s1. The van der Waals surface area contributed by atoms with Crippen molar-refractivity contribution in [2.45, 2.75) is 103 Å². The van der Waals surface area contributed by atoms with Crippen LogP contribution in [0.15, 0.2) is 48.5 Å². The van der Waals surface area contributed by atoms with Crippen LogP contribution in [0.25, 0.3) is 0 Å². The molecule has 7 nitrogen and oxygen atoms in total. The molecule has 8 heteroatoms. The largest absolute Gasteiger partial charge is 0.444 e. The van der Waals surface area contributed by atoms with E-state index in [0.717, 1.165) is 35.9 Å². The lowest BCUT2D eigenvalue weighted by Crippen LogP contribution is -2.50. The third-order valence-corrected chi connectivity index (χ3v) is 7.23. The molecule has 2 amide bonds. The zero-order valence-electron chi connectivity index (χ0n) is 23.9. The molecule has 3 rings (SSSR count). The molecule has 1 aliphatic rings. The Hall–Kier alpha value is -2.84. The number of ether oxygens (including phenoxy) is 1. The SMILES string of the molecule is CC(C)(C)OC(=O)N[C@@H](Cc1ccc(BOC(C)(C)C(C)(C)O)cc1)C(=O)N[C@@H]1CCCc2ccccc21. The van der Waals surface area contributed by atoms with Crippen LogP contribution in [0.4, 0.5) is 4.79 Å². The molecule has 3 N–H and O–H groups in total. The van der Waals surface area contributed by atoms with Crippen molar-refractivity contribution in [1.29, 1.82) is 0 Å². The minimum Gasteiger partial charge on any atom is -0.444 e. The summed E-state index contributed by atoms with van der Waals surface area (Å²) in [6.45, 7) is 12.5. The third-order valence-electron chi connectivity index (χ3n) is 7.23. The van der Waals surface area contributed by atoms with Gasteiger partial charge in [-0.25, -0.2) is 4.79 Å².